The van der Waals surface area contributed by atoms with Crippen molar-refractivity contribution in [2.24, 2.45) is 5.41 Å². The molecule has 0 amide bonds. The number of benzene rings is 1. The van der Waals surface area contributed by atoms with Crippen LogP contribution in [0.1, 0.15) is 38.0 Å². The number of rotatable bonds is 4. The molecule has 4 nitrogen and oxygen atoms in total. The third-order valence-electron chi connectivity index (χ3n) is 3.05. The van der Waals surface area contributed by atoms with Crippen LogP contribution >= 0.6 is 0 Å². The highest BCUT2D eigenvalue weighted by atomic mass is 16.5. The van der Waals surface area contributed by atoms with E-state index in [2.05, 4.69) is 0 Å². The lowest BCUT2D eigenvalue weighted by molar-refractivity contribution is -0.135. The average molecular weight is 266 g/mol. The highest BCUT2D eigenvalue weighted by molar-refractivity contribution is 5.89. The third kappa shape index (κ3) is 3.26. The van der Waals surface area contributed by atoms with E-state index in [1.807, 2.05) is 6.92 Å². The summed E-state index contributed by atoms with van der Waals surface area (Å²) < 4.78 is 10.4. The first-order valence-corrected chi connectivity index (χ1v) is 6.17. The van der Waals surface area contributed by atoms with Gasteiger partial charge >= 0.3 is 0 Å². The van der Waals surface area contributed by atoms with Gasteiger partial charge in [-0.2, -0.15) is 0 Å². The minimum absolute atomic E-state index is 0.220. The predicted octanol–water partition coefficient (Wildman–Crippen LogP) is 2.66. The number of aliphatic hydroxyl groups excluding tert-OH is 1. The van der Waals surface area contributed by atoms with E-state index in [1.165, 1.54) is 7.11 Å². The van der Waals surface area contributed by atoms with E-state index >= 15 is 0 Å². The molecular formula is C15H22O4. The van der Waals surface area contributed by atoms with Crippen LogP contribution in [0.5, 0.6) is 11.5 Å². The van der Waals surface area contributed by atoms with Gasteiger partial charge in [0.25, 0.3) is 0 Å². The van der Waals surface area contributed by atoms with E-state index in [-0.39, 0.29) is 5.78 Å². The maximum atomic E-state index is 12.1. The Morgan fingerprint density at radius 3 is 2.05 bits per heavy atom. The molecule has 0 saturated heterocycles. The summed E-state index contributed by atoms with van der Waals surface area (Å²) in [6.07, 6.45) is -1.15. The number of ketones is 1. The molecule has 0 aliphatic rings. The lowest BCUT2D eigenvalue weighted by atomic mass is 9.84. The Balaban J connectivity index is 3.24. The molecule has 0 bridgehead atoms. The van der Waals surface area contributed by atoms with Crippen molar-refractivity contribution in [2.45, 2.75) is 33.8 Å². The lowest BCUT2D eigenvalue weighted by Gasteiger charge is -2.23. The summed E-state index contributed by atoms with van der Waals surface area (Å²) in [6.45, 7) is 7.19. The largest absolute Gasteiger partial charge is 0.493 e. The summed E-state index contributed by atoms with van der Waals surface area (Å²) >= 11 is 0. The second-order valence-corrected chi connectivity index (χ2v) is 5.58. The van der Waals surface area contributed by atoms with Crippen LogP contribution < -0.4 is 9.47 Å². The van der Waals surface area contributed by atoms with Gasteiger partial charge in [0.15, 0.2) is 17.3 Å². The van der Waals surface area contributed by atoms with Gasteiger partial charge in [0.1, 0.15) is 6.10 Å². The van der Waals surface area contributed by atoms with E-state index in [1.54, 1.807) is 40.0 Å². The normalized spacial score (nSPS) is 13.0. The first-order chi connectivity index (χ1) is 8.72. The van der Waals surface area contributed by atoms with Gasteiger partial charge in [0.2, 0.25) is 0 Å². The van der Waals surface area contributed by atoms with Crippen molar-refractivity contribution in [3.63, 3.8) is 0 Å². The molecule has 0 aliphatic carbocycles. The zero-order valence-electron chi connectivity index (χ0n) is 12.4. The minimum Gasteiger partial charge on any atom is -0.493 e. The number of ether oxygens (including phenoxy) is 2. The molecule has 1 atom stereocenters. The van der Waals surface area contributed by atoms with Crippen molar-refractivity contribution in [2.75, 3.05) is 14.2 Å². The van der Waals surface area contributed by atoms with Crippen LogP contribution in [0.15, 0.2) is 12.1 Å². The minimum atomic E-state index is -1.15. The predicted molar refractivity (Wildman–Crippen MR) is 73.7 cm³/mol. The van der Waals surface area contributed by atoms with Gasteiger partial charge in [-0.15, -0.1) is 0 Å². The van der Waals surface area contributed by atoms with E-state index < -0.39 is 11.5 Å². The Hall–Kier alpha value is -1.55. The molecule has 0 fully saturated rings. The van der Waals surface area contributed by atoms with Crippen molar-refractivity contribution >= 4 is 5.78 Å². The van der Waals surface area contributed by atoms with Crippen molar-refractivity contribution in [3.8, 4) is 11.5 Å². The molecule has 4 heteroatoms. The molecule has 0 aromatic heterocycles. The number of carbonyl (C=O) groups excluding carboxylic acids is 1. The summed E-state index contributed by atoms with van der Waals surface area (Å²) in [5, 5.41) is 10.2. The Morgan fingerprint density at radius 1 is 1.16 bits per heavy atom. The van der Waals surface area contributed by atoms with Crippen LogP contribution in [0.2, 0.25) is 0 Å². The van der Waals surface area contributed by atoms with Crippen molar-refractivity contribution < 1.29 is 19.4 Å². The molecule has 1 unspecified atom stereocenters. The number of hydrogen-bond acceptors (Lipinski definition) is 4. The molecule has 1 aromatic rings. The molecule has 1 N–H and O–H groups in total. The van der Waals surface area contributed by atoms with E-state index in [4.69, 9.17) is 9.47 Å². The van der Waals surface area contributed by atoms with Gasteiger partial charge in [0, 0.05) is 5.41 Å². The van der Waals surface area contributed by atoms with E-state index in [0.29, 0.717) is 17.1 Å². The number of methoxy groups -OCH3 is 2. The van der Waals surface area contributed by atoms with Gasteiger partial charge < -0.3 is 14.6 Å². The maximum Gasteiger partial charge on any atom is 0.171 e. The van der Waals surface area contributed by atoms with Crippen molar-refractivity contribution in [3.05, 3.63) is 23.3 Å². The van der Waals surface area contributed by atoms with Gasteiger partial charge in [-0.3, -0.25) is 4.79 Å². The summed E-state index contributed by atoms with van der Waals surface area (Å²) in [6, 6.07) is 3.41. The topological polar surface area (TPSA) is 55.8 Å². The van der Waals surface area contributed by atoms with Gasteiger partial charge in [-0.25, -0.2) is 0 Å². The molecule has 19 heavy (non-hydrogen) atoms. The molecule has 0 radical (unpaired) electrons. The summed E-state index contributed by atoms with van der Waals surface area (Å²) in [5.74, 6) is 0.867. The monoisotopic (exact) mass is 266 g/mol. The number of Topliss-reactive ketones (excluding diaryl/α,β-unsaturated/α-hetero) is 1. The van der Waals surface area contributed by atoms with Gasteiger partial charge in [0.05, 0.1) is 14.2 Å². The summed E-state index contributed by atoms with van der Waals surface area (Å²) in [4.78, 5) is 12.1. The molecule has 1 aromatic carbocycles. The molecule has 0 saturated carbocycles. The maximum absolute atomic E-state index is 12.1. The molecule has 1 rings (SSSR count). The highest BCUT2D eigenvalue weighted by Crippen LogP contribution is 2.35. The fourth-order valence-electron chi connectivity index (χ4n) is 1.84. The standard InChI is InChI=1S/C15H22O4/c1-9-7-11(18-5)12(19-6)8-10(9)13(16)14(17)15(2,3)4/h7-8,13,16H,1-6H3. The Morgan fingerprint density at radius 2 is 1.63 bits per heavy atom. The zero-order valence-corrected chi connectivity index (χ0v) is 12.4. The van der Waals surface area contributed by atoms with Crippen LogP contribution in [-0.4, -0.2) is 25.1 Å². The molecule has 0 aliphatic heterocycles. The summed E-state index contributed by atoms with van der Waals surface area (Å²) in [5.41, 5.74) is 0.749. The van der Waals surface area contributed by atoms with Crippen molar-refractivity contribution in [1.29, 1.82) is 0 Å². The third-order valence-corrected chi connectivity index (χ3v) is 3.05. The SMILES string of the molecule is COc1cc(C)c(C(O)C(=O)C(C)(C)C)cc1OC. The lowest BCUT2D eigenvalue weighted by Crippen LogP contribution is -2.27. The molecule has 106 valence electrons. The Kier molecular flexibility index (Phi) is 4.58. The summed E-state index contributed by atoms with van der Waals surface area (Å²) in [7, 11) is 3.07. The fourth-order valence-corrected chi connectivity index (χ4v) is 1.84. The highest BCUT2D eigenvalue weighted by Gasteiger charge is 2.30. The number of aliphatic hydroxyl groups is 1. The second kappa shape index (κ2) is 5.61. The van der Waals surface area contributed by atoms with E-state index in [9.17, 15) is 9.90 Å². The van der Waals surface area contributed by atoms with Crippen LogP contribution in [0.3, 0.4) is 0 Å². The number of carbonyl (C=O) groups is 1. The number of hydrogen-bond donors (Lipinski definition) is 1. The molecular weight excluding hydrogens is 244 g/mol. The van der Waals surface area contributed by atoms with Gasteiger partial charge in [-0.1, -0.05) is 20.8 Å². The van der Waals surface area contributed by atoms with Crippen LogP contribution in [-0.2, 0) is 4.79 Å². The van der Waals surface area contributed by atoms with Crippen LogP contribution in [0, 0.1) is 12.3 Å². The Labute approximate surface area is 114 Å². The Bertz CT molecular complexity index is 472. The van der Waals surface area contributed by atoms with Crippen molar-refractivity contribution in [1.82, 2.24) is 0 Å². The second-order valence-electron chi connectivity index (χ2n) is 5.58. The molecule has 0 heterocycles. The molecule has 0 spiro atoms. The van der Waals surface area contributed by atoms with Gasteiger partial charge in [-0.05, 0) is 30.2 Å². The fraction of sp³-hybridized carbons (Fsp3) is 0.533. The zero-order chi connectivity index (χ0) is 14.8. The first kappa shape index (κ1) is 15.5. The smallest absolute Gasteiger partial charge is 0.171 e. The quantitative estimate of drug-likeness (QED) is 0.910. The first-order valence-electron chi connectivity index (χ1n) is 6.17. The van der Waals surface area contributed by atoms with Crippen LogP contribution in [0.4, 0.5) is 0 Å². The average Bonchev–Trinajstić information content (AvgIpc) is 2.35. The number of aryl methyl sites for hydroxylation is 1. The van der Waals surface area contributed by atoms with Crippen LogP contribution in [0.25, 0.3) is 0 Å². The van der Waals surface area contributed by atoms with E-state index in [0.717, 1.165) is 5.56 Å².